The van der Waals surface area contributed by atoms with E-state index in [0.29, 0.717) is 16.9 Å². The van der Waals surface area contributed by atoms with Crippen molar-refractivity contribution >= 4 is 17.6 Å². The first kappa shape index (κ1) is 21.7. The molecule has 9 heteroatoms. The Morgan fingerprint density at radius 2 is 1.58 bits per heavy atom. The van der Waals surface area contributed by atoms with Crippen LogP contribution in [0, 0.1) is 0 Å². The van der Waals surface area contributed by atoms with Crippen LogP contribution in [0.15, 0.2) is 78.9 Å². The van der Waals surface area contributed by atoms with E-state index in [1.54, 1.807) is 54.6 Å². The second-order valence-electron chi connectivity index (χ2n) is 6.39. The van der Waals surface area contributed by atoms with Crippen molar-refractivity contribution in [1.82, 2.24) is 10.8 Å². The average Bonchev–Trinajstić information content (AvgIpc) is 2.77. The van der Waals surface area contributed by atoms with Gasteiger partial charge < -0.3 is 15.5 Å². The van der Waals surface area contributed by atoms with Crippen LogP contribution in [0.2, 0.25) is 0 Å². The number of hydrogen-bond acceptors (Lipinski definition) is 3. The van der Waals surface area contributed by atoms with Crippen molar-refractivity contribution < 1.29 is 27.6 Å². The highest BCUT2D eigenvalue weighted by Gasteiger charge is 2.30. The molecule has 0 aromatic heterocycles. The third kappa shape index (κ3) is 6.23. The first-order valence-electron chi connectivity index (χ1n) is 9.15. The van der Waals surface area contributed by atoms with Crippen LogP contribution in [0.25, 0.3) is 0 Å². The average molecular weight is 429 g/mol. The van der Waals surface area contributed by atoms with Gasteiger partial charge in [-0.05, 0) is 36.4 Å². The second kappa shape index (κ2) is 9.66. The lowest BCUT2D eigenvalue weighted by Gasteiger charge is -2.13. The fourth-order valence-corrected chi connectivity index (χ4v) is 2.62. The molecule has 0 aliphatic heterocycles. The quantitative estimate of drug-likeness (QED) is 0.495. The number of halogens is 3. The van der Waals surface area contributed by atoms with Gasteiger partial charge in [0.1, 0.15) is 0 Å². The normalized spacial score (nSPS) is 10.8. The fourth-order valence-electron chi connectivity index (χ4n) is 2.62. The van der Waals surface area contributed by atoms with Crippen LogP contribution in [-0.4, -0.2) is 11.9 Å². The van der Waals surface area contributed by atoms with Gasteiger partial charge in [-0.3, -0.25) is 4.79 Å². The third-order valence-electron chi connectivity index (χ3n) is 4.15. The Balaban J connectivity index is 1.57. The van der Waals surface area contributed by atoms with Gasteiger partial charge in [-0.15, -0.1) is 0 Å². The molecule has 3 aromatic carbocycles. The number of benzene rings is 3. The molecule has 0 aliphatic carbocycles. The lowest BCUT2D eigenvalue weighted by Crippen LogP contribution is -2.30. The minimum atomic E-state index is -4.51. The summed E-state index contributed by atoms with van der Waals surface area (Å²) in [6, 6.07) is 18.8. The summed E-state index contributed by atoms with van der Waals surface area (Å²) in [7, 11) is 0. The highest BCUT2D eigenvalue weighted by Crippen LogP contribution is 2.30. The Bertz CT molecular complexity index is 1060. The Morgan fingerprint density at radius 1 is 0.871 bits per heavy atom. The summed E-state index contributed by atoms with van der Waals surface area (Å²) in [5, 5.41) is 4.90. The van der Waals surface area contributed by atoms with E-state index in [4.69, 9.17) is 4.84 Å². The molecule has 0 fully saturated rings. The zero-order chi connectivity index (χ0) is 22.3. The summed E-state index contributed by atoms with van der Waals surface area (Å²) in [4.78, 5) is 29.6. The van der Waals surface area contributed by atoms with Gasteiger partial charge in [0.15, 0.2) is 5.75 Å². The number of amides is 3. The molecule has 0 bridgehead atoms. The van der Waals surface area contributed by atoms with Gasteiger partial charge >= 0.3 is 12.2 Å². The van der Waals surface area contributed by atoms with Crippen LogP contribution in [0.1, 0.15) is 21.5 Å². The predicted molar refractivity (Wildman–Crippen MR) is 108 cm³/mol. The van der Waals surface area contributed by atoms with Gasteiger partial charge in [-0.2, -0.15) is 18.7 Å². The summed E-state index contributed by atoms with van der Waals surface area (Å²) in [5.74, 6) is -0.128. The van der Waals surface area contributed by atoms with Crippen molar-refractivity contribution in [3.8, 4) is 5.75 Å². The van der Waals surface area contributed by atoms with E-state index < -0.39 is 23.7 Å². The summed E-state index contributed by atoms with van der Waals surface area (Å²) in [6.07, 6.45) is -4.51. The third-order valence-corrected chi connectivity index (χ3v) is 4.15. The minimum Gasteiger partial charge on any atom is -0.379 e. The van der Waals surface area contributed by atoms with Gasteiger partial charge in [-0.25, -0.2) is 4.79 Å². The number of hydrogen-bond donors (Lipinski definition) is 3. The molecule has 160 valence electrons. The van der Waals surface area contributed by atoms with E-state index in [9.17, 15) is 22.8 Å². The summed E-state index contributed by atoms with van der Waals surface area (Å²) >= 11 is 0. The topological polar surface area (TPSA) is 79.5 Å². The first-order chi connectivity index (χ1) is 14.8. The molecule has 0 unspecified atom stereocenters. The van der Waals surface area contributed by atoms with Crippen molar-refractivity contribution in [3.05, 3.63) is 95.6 Å². The standard InChI is InChI=1S/C22H18F3N3O3/c23-22(24,25)17-10-6-11-18(13-17)27-21(30)26-14-16-9-4-5-12-19(16)31-28-20(29)15-7-2-1-3-8-15/h1-13H,14H2,(H,28,29)(H2,26,27,30). The zero-order valence-electron chi connectivity index (χ0n) is 16.1. The van der Waals surface area contributed by atoms with Gasteiger partial charge in [-0.1, -0.05) is 42.5 Å². The molecule has 0 saturated carbocycles. The molecule has 6 nitrogen and oxygen atoms in total. The lowest BCUT2D eigenvalue weighted by atomic mass is 10.2. The fraction of sp³-hybridized carbons (Fsp3) is 0.0909. The number of nitrogens with one attached hydrogen (secondary N) is 3. The van der Waals surface area contributed by atoms with E-state index in [1.807, 2.05) is 0 Å². The number of hydroxylamine groups is 1. The number of carbonyl (C=O) groups is 2. The molecule has 0 heterocycles. The highest BCUT2D eigenvalue weighted by molar-refractivity contribution is 5.93. The van der Waals surface area contributed by atoms with Crippen LogP contribution >= 0.6 is 0 Å². The number of carbonyl (C=O) groups excluding carboxylic acids is 2. The molecule has 3 N–H and O–H groups in total. The number of urea groups is 1. The molecule has 3 rings (SSSR count). The van der Waals surface area contributed by atoms with Crippen molar-refractivity contribution in [1.29, 1.82) is 0 Å². The summed E-state index contributed by atoms with van der Waals surface area (Å²) in [5.41, 5.74) is 2.44. The SMILES string of the molecule is O=C(NCc1ccccc1ONC(=O)c1ccccc1)Nc1cccc(C(F)(F)F)c1. The Labute approximate surface area is 176 Å². The maximum atomic E-state index is 12.8. The van der Waals surface area contributed by atoms with Crippen LogP contribution in [-0.2, 0) is 12.7 Å². The molecule has 3 amide bonds. The molecular formula is C22H18F3N3O3. The lowest BCUT2D eigenvalue weighted by molar-refractivity contribution is -0.137. The van der Waals surface area contributed by atoms with Crippen LogP contribution < -0.4 is 21.0 Å². The molecule has 0 aliphatic rings. The van der Waals surface area contributed by atoms with E-state index in [-0.39, 0.29) is 12.2 Å². The smallest absolute Gasteiger partial charge is 0.379 e. The van der Waals surface area contributed by atoms with Crippen LogP contribution in [0.5, 0.6) is 5.75 Å². The van der Waals surface area contributed by atoms with E-state index in [0.717, 1.165) is 12.1 Å². The van der Waals surface area contributed by atoms with Gasteiger partial charge in [0.05, 0.1) is 5.56 Å². The zero-order valence-corrected chi connectivity index (χ0v) is 16.1. The summed E-state index contributed by atoms with van der Waals surface area (Å²) in [6.45, 7) is 0.0160. The monoisotopic (exact) mass is 429 g/mol. The second-order valence-corrected chi connectivity index (χ2v) is 6.39. The molecule has 31 heavy (non-hydrogen) atoms. The molecule has 0 atom stereocenters. The largest absolute Gasteiger partial charge is 0.416 e. The Morgan fingerprint density at radius 3 is 2.32 bits per heavy atom. The molecular weight excluding hydrogens is 411 g/mol. The van der Waals surface area contributed by atoms with Crippen LogP contribution in [0.4, 0.5) is 23.7 Å². The van der Waals surface area contributed by atoms with Gasteiger partial charge in [0.25, 0.3) is 5.91 Å². The van der Waals surface area contributed by atoms with E-state index >= 15 is 0 Å². The minimum absolute atomic E-state index is 0.00647. The number of anilines is 1. The molecule has 0 radical (unpaired) electrons. The number of rotatable bonds is 6. The molecule has 0 saturated heterocycles. The van der Waals surface area contributed by atoms with Crippen molar-refractivity contribution in [2.24, 2.45) is 0 Å². The predicted octanol–water partition coefficient (Wildman–Crippen LogP) is 4.75. The van der Waals surface area contributed by atoms with Gasteiger partial charge in [0.2, 0.25) is 0 Å². The number of para-hydroxylation sites is 1. The molecule has 0 spiro atoms. The van der Waals surface area contributed by atoms with Crippen LogP contribution in [0.3, 0.4) is 0 Å². The van der Waals surface area contributed by atoms with Gasteiger partial charge in [0, 0.05) is 23.4 Å². The maximum Gasteiger partial charge on any atom is 0.416 e. The Hall–Kier alpha value is -4.01. The molecule has 3 aromatic rings. The maximum absolute atomic E-state index is 12.8. The van der Waals surface area contributed by atoms with Crippen molar-refractivity contribution in [2.45, 2.75) is 12.7 Å². The number of alkyl halides is 3. The summed E-state index contributed by atoms with van der Waals surface area (Å²) < 4.78 is 38.4. The highest BCUT2D eigenvalue weighted by atomic mass is 19.4. The van der Waals surface area contributed by atoms with Crippen molar-refractivity contribution in [2.75, 3.05) is 5.32 Å². The van der Waals surface area contributed by atoms with E-state index in [1.165, 1.54) is 12.1 Å². The van der Waals surface area contributed by atoms with Crippen molar-refractivity contribution in [3.63, 3.8) is 0 Å². The van der Waals surface area contributed by atoms with E-state index in [2.05, 4.69) is 16.1 Å². The Kier molecular flexibility index (Phi) is 6.76. The first-order valence-corrected chi connectivity index (χ1v) is 9.15.